The molecule has 2 aromatic heterocycles. The second kappa shape index (κ2) is 8.61. The van der Waals surface area contributed by atoms with Crippen molar-refractivity contribution in [1.29, 1.82) is 0 Å². The quantitative estimate of drug-likeness (QED) is 0.524. The highest BCUT2D eigenvalue weighted by Crippen LogP contribution is 2.32. The largest absolute Gasteiger partial charge is 0.573 e. The highest BCUT2D eigenvalue weighted by atomic mass is 32.2. The lowest BCUT2D eigenvalue weighted by molar-refractivity contribution is -0.274. The van der Waals surface area contributed by atoms with Crippen LogP contribution < -0.4 is 14.2 Å². The molecule has 1 aromatic carbocycles. The Kier molecular flexibility index (Phi) is 6.29. The van der Waals surface area contributed by atoms with Gasteiger partial charge in [-0.1, -0.05) is 0 Å². The molecule has 1 N–H and O–H groups in total. The lowest BCUT2D eigenvalue weighted by Gasteiger charge is -2.14. The highest BCUT2D eigenvalue weighted by molar-refractivity contribution is 7.84. The molecule has 14 heteroatoms. The number of alkyl halides is 6. The van der Waals surface area contributed by atoms with E-state index in [1.165, 1.54) is 25.4 Å². The van der Waals surface area contributed by atoms with E-state index < -0.39 is 35.7 Å². The number of nitrogens with zero attached hydrogens (tertiary/aromatic N) is 2. The fourth-order valence-electron chi connectivity index (χ4n) is 2.53. The first kappa shape index (κ1) is 22.7. The molecule has 3 aromatic rings. The Hall–Kier alpha value is -3.03. The van der Waals surface area contributed by atoms with Crippen LogP contribution in [-0.2, 0) is 16.6 Å². The Balaban J connectivity index is 1.81. The number of hydrogen-bond donors (Lipinski definition) is 1. The van der Waals surface area contributed by atoms with Gasteiger partial charge >= 0.3 is 12.5 Å². The van der Waals surface area contributed by atoms with Gasteiger partial charge in [-0.2, -0.15) is 13.2 Å². The van der Waals surface area contributed by atoms with Crippen molar-refractivity contribution in [3.05, 3.63) is 36.2 Å². The van der Waals surface area contributed by atoms with Crippen LogP contribution in [0.1, 0.15) is 5.69 Å². The molecular formula is C17H13F6N3O4S. The average Bonchev–Trinajstić information content (AvgIpc) is 3.08. The highest BCUT2D eigenvalue weighted by Gasteiger charge is 2.31. The van der Waals surface area contributed by atoms with Crippen molar-refractivity contribution < 1.29 is 44.8 Å². The number of fused-ring (bicyclic) bond motifs is 1. The number of aromatic nitrogens is 3. The van der Waals surface area contributed by atoms with E-state index in [9.17, 15) is 30.6 Å². The van der Waals surface area contributed by atoms with Crippen LogP contribution in [0.2, 0.25) is 0 Å². The van der Waals surface area contributed by atoms with E-state index >= 15 is 0 Å². The number of nitrogens with one attached hydrogen (secondary N) is 1. The van der Waals surface area contributed by atoms with E-state index in [0.29, 0.717) is 0 Å². The lowest BCUT2D eigenvalue weighted by Crippen LogP contribution is -2.19. The average molecular weight is 469 g/mol. The van der Waals surface area contributed by atoms with Gasteiger partial charge in [0.2, 0.25) is 0 Å². The normalized spacial score (nSPS) is 13.3. The molecule has 3 rings (SSSR count). The summed E-state index contributed by atoms with van der Waals surface area (Å²) >= 11 is 0. The van der Waals surface area contributed by atoms with Crippen LogP contribution in [0.15, 0.2) is 35.6 Å². The fourth-order valence-corrected chi connectivity index (χ4v) is 3.54. The van der Waals surface area contributed by atoms with E-state index in [0.717, 1.165) is 12.1 Å². The maximum Gasteiger partial charge on any atom is 0.573 e. The molecule has 0 saturated heterocycles. The van der Waals surface area contributed by atoms with E-state index in [-0.39, 0.29) is 39.1 Å². The second-order valence-electron chi connectivity index (χ2n) is 5.95. The number of rotatable bonds is 7. The molecule has 0 saturated carbocycles. The summed E-state index contributed by atoms with van der Waals surface area (Å²) in [5, 5.41) is -0.0791. The summed E-state index contributed by atoms with van der Waals surface area (Å²) in [4.78, 5) is 10.6. The Morgan fingerprint density at radius 3 is 2.52 bits per heavy atom. The predicted molar refractivity (Wildman–Crippen MR) is 95.2 cm³/mol. The van der Waals surface area contributed by atoms with Crippen molar-refractivity contribution in [3.63, 3.8) is 0 Å². The predicted octanol–water partition coefficient (Wildman–Crippen LogP) is 4.11. The van der Waals surface area contributed by atoms with E-state index in [1.54, 1.807) is 0 Å². The summed E-state index contributed by atoms with van der Waals surface area (Å²) in [5.74, 6) is -1.16. The number of halogens is 6. The fraction of sp³-hybridized carbons (Fsp3) is 0.294. The van der Waals surface area contributed by atoms with Crippen LogP contribution in [0.4, 0.5) is 26.3 Å². The summed E-state index contributed by atoms with van der Waals surface area (Å²) < 4.78 is 101. The molecule has 0 radical (unpaired) electrons. The first-order valence-electron chi connectivity index (χ1n) is 8.30. The van der Waals surface area contributed by atoms with E-state index in [1.807, 2.05) is 0 Å². The molecule has 0 fully saturated rings. The minimum atomic E-state index is -4.87. The number of hydrogen-bond acceptors (Lipinski definition) is 6. The van der Waals surface area contributed by atoms with Crippen molar-refractivity contribution in [2.45, 2.75) is 23.4 Å². The minimum absolute atomic E-state index is 0.0436. The summed E-state index contributed by atoms with van der Waals surface area (Å²) in [6.45, 7) is -1.55. The molecule has 0 aliphatic carbocycles. The Morgan fingerprint density at radius 2 is 1.87 bits per heavy atom. The maximum atomic E-state index is 12.7. The molecule has 0 spiro atoms. The standard InChI is InChI=1S/C17H13F6N3O4S/c1-28-14-12(24-5-4-13(14)29-8-16(18,19)20)7-31(27)15-25-10-3-2-9(6-11(10)26-15)30-17(21,22)23/h2-6H,7-8H2,1H3,(H,25,26). The number of imidazole rings is 1. The molecule has 0 aliphatic rings. The third kappa shape index (κ3) is 5.99. The molecule has 0 amide bonds. The van der Waals surface area contributed by atoms with Crippen molar-refractivity contribution in [1.82, 2.24) is 15.0 Å². The van der Waals surface area contributed by atoms with Gasteiger partial charge in [0.15, 0.2) is 23.3 Å². The van der Waals surface area contributed by atoms with Gasteiger partial charge in [-0.25, -0.2) is 4.98 Å². The number of H-pyrrole nitrogens is 1. The second-order valence-corrected chi connectivity index (χ2v) is 7.32. The van der Waals surface area contributed by atoms with Gasteiger partial charge in [-0.05, 0) is 12.1 Å². The van der Waals surface area contributed by atoms with Crippen LogP contribution in [0.3, 0.4) is 0 Å². The van der Waals surface area contributed by atoms with Crippen molar-refractivity contribution in [2.24, 2.45) is 0 Å². The van der Waals surface area contributed by atoms with Gasteiger partial charge in [0.05, 0.1) is 40.4 Å². The van der Waals surface area contributed by atoms with E-state index in [4.69, 9.17) is 9.47 Å². The number of methoxy groups -OCH3 is 1. The summed E-state index contributed by atoms with van der Waals surface area (Å²) in [6.07, 6.45) is -8.28. The Bertz CT molecular complexity index is 1100. The third-order valence-corrected chi connectivity index (χ3v) is 4.85. The zero-order chi connectivity index (χ0) is 22.8. The van der Waals surface area contributed by atoms with Gasteiger partial charge in [0.25, 0.3) is 0 Å². The van der Waals surface area contributed by atoms with Crippen LogP contribution in [0.5, 0.6) is 17.2 Å². The van der Waals surface area contributed by atoms with Crippen LogP contribution in [0.25, 0.3) is 11.0 Å². The monoisotopic (exact) mass is 469 g/mol. The van der Waals surface area contributed by atoms with Gasteiger partial charge < -0.3 is 19.2 Å². The number of aromatic amines is 1. The maximum absolute atomic E-state index is 12.7. The smallest absolute Gasteiger partial charge is 0.491 e. The topological polar surface area (TPSA) is 86.3 Å². The van der Waals surface area contributed by atoms with Crippen LogP contribution >= 0.6 is 0 Å². The van der Waals surface area contributed by atoms with Crippen molar-refractivity contribution in [2.75, 3.05) is 13.7 Å². The first-order chi connectivity index (χ1) is 14.4. The molecule has 168 valence electrons. The van der Waals surface area contributed by atoms with Gasteiger partial charge in [0.1, 0.15) is 5.75 Å². The van der Waals surface area contributed by atoms with Gasteiger partial charge in [0, 0.05) is 18.3 Å². The number of pyridine rings is 1. The van der Waals surface area contributed by atoms with Crippen LogP contribution in [0, 0.1) is 0 Å². The molecule has 1 unspecified atom stereocenters. The summed E-state index contributed by atoms with van der Waals surface area (Å²) in [7, 11) is -0.696. The number of ether oxygens (including phenoxy) is 3. The molecule has 31 heavy (non-hydrogen) atoms. The molecule has 0 bridgehead atoms. The summed E-state index contributed by atoms with van der Waals surface area (Å²) in [5.41, 5.74) is 0.425. The van der Waals surface area contributed by atoms with Crippen molar-refractivity contribution >= 4 is 21.8 Å². The molecule has 1 atom stereocenters. The zero-order valence-corrected chi connectivity index (χ0v) is 16.3. The Morgan fingerprint density at radius 1 is 1.13 bits per heavy atom. The number of benzene rings is 1. The van der Waals surface area contributed by atoms with Gasteiger partial charge in [-0.15, -0.1) is 13.2 Å². The van der Waals surface area contributed by atoms with E-state index in [2.05, 4.69) is 19.7 Å². The van der Waals surface area contributed by atoms with Crippen molar-refractivity contribution in [3.8, 4) is 17.2 Å². The molecule has 2 heterocycles. The van der Waals surface area contributed by atoms with Gasteiger partial charge in [-0.3, -0.25) is 9.19 Å². The minimum Gasteiger partial charge on any atom is -0.491 e. The van der Waals surface area contributed by atoms with Crippen LogP contribution in [-0.4, -0.2) is 45.4 Å². The molecular weight excluding hydrogens is 456 g/mol. The lowest BCUT2D eigenvalue weighted by atomic mass is 10.3. The zero-order valence-electron chi connectivity index (χ0n) is 15.5. The molecule has 7 nitrogen and oxygen atoms in total. The SMILES string of the molecule is COc1c(OCC(F)(F)F)ccnc1CS(=O)c1nc2ccc(OC(F)(F)F)cc2[nH]1. The Labute approximate surface area is 172 Å². The third-order valence-electron chi connectivity index (χ3n) is 3.69. The summed E-state index contributed by atoms with van der Waals surface area (Å²) in [6, 6.07) is 4.51. The molecule has 0 aliphatic heterocycles. The first-order valence-corrected chi connectivity index (χ1v) is 9.62.